The first-order valence-corrected chi connectivity index (χ1v) is 12.9. The maximum absolute atomic E-state index is 14.4. The van der Waals surface area contributed by atoms with Gasteiger partial charge in [0.05, 0.1) is 43.6 Å². The molecule has 2 aliphatic heterocycles. The summed E-state index contributed by atoms with van der Waals surface area (Å²) in [6, 6.07) is 13.4. The predicted molar refractivity (Wildman–Crippen MR) is 146 cm³/mol. The molecule has 0 aromatic heterocycles. The molecule has 0 radical (unpaired) electrons. The number of fused-ring (bicyclic) bond motifs is 1. The first-order valence-electron chi connectivity index (χ1n) is 12.9. The molecule has 3 aromatic carbocycles. The molecule has 0 spiro atoms. The van der Waals surface area contributed by atoms with Crippen LogP contribution in [0.5, 0.6) is 11.5 Å². The first kappa shape index (κ1) is 28.1. The summed E-state index contributed by atoms with van der Waals surface area (Å²) >= 11 is 0. The minimum atomic E-state index is -4.66. The fourth-order valence-corrected chi connectivity index (χ4v) is 5.23. The van der Waals surface area contributed by atoms with E-state index < -0.39 is 36.0 Å². The highest BCUT2D eigenvalue weighted by Crippen LogP contribution is 2.45. The summed E-state index contributed by atoms with van der Waals surface area (Å²) in [5.41, 5.74) is 0.610. The average molecular weight is 573 g/mol. The second-order valence-corrected chi connectivity index (χ2v) is 9.66. The largest absolute Gasteiger partial charge is 0.497 e. The molecule has 12 heteroatoms. The number of carboxylic acid groups (broad SMARTS) is 1. The lowest BCUT2D eigenvalue weighted by atomic mass is 9.96. The summed E-state index contributed by atoms with van der Waals surface area (Å²) in [5.74, 6) is -0.745. The zero-order valence-electron chi connectivity index (χ0n) is 22.4. The van der Waals surface area contributed by atoms with Gasteiger partial charge in [-0.15, -0.1) is 0 Å². The third-order valence-corrected chi connectivity index (χ3v) is 7.21. The molecule has 216 valence electrons. The number of carboxylic acids is 1. The lowest BCUT2D eigenvalue weighted by Gasteiger charge is -2.45. The molecule has 0 aliphatic carbocycles. The Morgan fingerprint density at radius 2 is 1.71 bits per heavy atom. The molecular weight excluding hydrogens is 544 g/mol. The van der Waals surface area contributed by atoms with Crippen molar-refractivity contribution in [3.63, 3.8) is 0 Å². The quantitative estimate of drug-likeness (QED) is 0.380. The number of alkyl halides is 3. The number of benzene rings is 3. The maximum atomic E-state index is 14.4. The zero-order valence-corrected chi connectivity index (χ0v) is 22.4. The van der Waals surface area contributed by atoms with Crippen molar-refractivity contribution in [2.45, 2.75) is 18.6 Å². The second-order valence-electron chi connectivity index (χ2n) is 9.66. The van der Waals surface area contributed by atoms with E-state index in [1.807, 2.05) is 29.2 Å². The summed E-state index contributed by atoms with van der Waals surface area (Å²) in [4.78, 5) is 22.3. The summed E-state index contributed by atoms with van der Waals surface area (Å²) in [7, 11) is 2.91. The number of methoxy groups -OCH3 is 2. The fourth-order valence-electron chi connectivity index (χ4n) is 5.23. The van der Waals surface area contributed by atoms with Crippen molar-refractivity contribution in [1.29, 1.82) is 0 Å². The highest BCUT2D eigenvalue weighted by Gasteiger charge is 2.40. The van der Waals surface area contributed by atoms with Gasteiger partial charge in [0.1, 0.15) is 17.3 Å². The van der Waals surface area contributed by atoms with Gasteiger partial charge in [-0.1, -0.05) is 6.07 Å². The van der Waals surface area contributed by atoms with Gasteiger partial charge < -0.3 is 29.3 Å². The zero-order chi connectivity index (χ0) is 29.3. The van der Waals surface area contributed by atoms with Crippen LogP contribution in [0.25, 0.3) is 0 Å². The smallest absolute Gasteiger partial charge is 0.416 e. The van der Waals surface area contributed by atoms with Crippen LogP contribution in [0, 0.1) is 5.82 Å². The van der Waals surface area contributed by atoms with Gasteiger partial charge in [0.2, 0.25) is 5.96 Å². The molecule has 5 rings (SSSR count). The molecule has 8 nitrogen and oxygen atoms in total. The van der Waals surface area contributed by atoms with E-state index >= 15 is 0 Å². The topological polar surface area (TPSA) is 77.8 Å². The van der Waals surface area contributed by atoms with Crippen molar-refractivity contribution in [3.05, 3.63) is 77.6 Å². The van der Waals surface area contributed by atoms with Crippen LogP contribution in [0.4, 0.5) is 34.6 Å². The highest BCUT2D eigenvalue weighted by atomic mass is 19.4. The van der Waals surface area contributed by atoms with Crippen LogP contribution in [0.1, 0.15) is 23.6 Å². The van der Waals surface area contributed by atoms with Crippen LogP contribution < -0.4 is 19.3 Å². The molecule has 41 heavy (non-hydrogen) atoms. The SMILES string of the molecule is COc1cccc(N2CCN(C3=Nc4ccc(F)cc4C(CC(=O)O)N3c3cc(C(F)(F)F)ccc3OC)CC2)c1. The van der Waals surface area contributed by atoms with Gasteiger partial charge in [0.25, 0.3) is 0 Å². The van der Waals surface area contributed by atoms with Crippen molar-refractivity contribution in [2.24, 2.45) is 4.99 Å². The highest BCUT2D eigenvalue weighted by molar-refractivity contribution is 6.02. The number of hydrogen-bond acceptors (Lipinski definition) is 7. The van der Waals surface area contributed by atoms with Crippen molar-refractivity contribution in [1.82, 2.24) is 4.90 Å². The molecule has 1 saturated heterocycles. The number of nitrogens with zero attached hydrogens (tertiary/aromatic N) is 4. The van der Waals surface area contributed by atoms with Crippen molar-refractivity contribution >= 4 is 29.0 Å². The molecule has 0 saturated carbocycles. The number of piperazine rings is 1. The number of ether oxygens (including phenoxy) is 2. The normalized spacial score (nSPS) is 17.2. The molecule has 0 bridgehead atoms. The van der Waals surface area contributed by atoms with E-state index in [2.05, 4.69) is 4.90 Å². The Morgan fingerprint density at radius 3 is 2.37 bits per heavy atom. The summed E-state index contributed by atoms with van der Waals surface area (Å²) in [6.07, 6.45) is -5.18. The molecule has 1 fully saturated rings. The van der Waals surface area contributed by atoms with E-state index in [-0.39, 0.29) is 23.0 Å². The fraction of sp³-hybridized carbons (Fsp3) is 0.310. The van der Waals surface area contributed by atoms with Gasteiger partial charge >= 0.3 is 12.1 Å². The van der Waals surface area contributed by atoms with E-state index in [9.17, 15) is 27.5 Å². The van der Waals surface area contributed by atoms with Crippen molar-refractivity contribution < 1.29 is 36.9 Å². The molecule has 2 heterocycles. The van der Waals surface area contributed by atoms with E-state index in [4.69, 9.17) is 14.5 Å². The molecule has 2 aliphatic rings. The predicted octanol–water partition coefficient (Wildman–Crippen LogP) is 5.71. The standard InChI is InChI=1S/C29H28F4N4O4/c1-40-21-5-3-4-20(16-21)35-10-12-36(13-11-35)28-34-23-8-7-19(30)15-22(23)24(17-27(38)39)37(28)25-14-18(29(31,32)33)6-9-26(25)41-2/h3-9,14-16,24H,10-13,17H2,1-2H3,(H,38,39). The molecular formula is C29H28F4N4O4. The number of rotatable bonds is 6. The summed E-state index contributed by atoms with van der Waals surface area (Å²) < 4.78 is 66.6. The van der Waals surface area contributed by atoms with Gasteiger partial charge in [0, 0.05) is 43.5 Å². The number of anilines is 2. The van der Waals surface area contributed by atoms with Crippen molar-refractivity contribution in [3.8, 4) is 11.5 Å². The lowest BCUT2D eigenvalue weighted by molar-refractivity contribution is -0.138. The van der Waals surface area contributed by atoms with Gasteiger partial charge in [-0.05, 0) is 48.5 Å². The second kappa shape index (κ2) is 11.2. The summed E-state index contributed by atoms with van der Waals surface area (Å²) in [5, 5.41) is 9.83. The number of hydrogen-bond donors (Lipinski definition) is 1. The van der Waals surface area contributed by atoms with Gasteiger partial charge in [-0.2, -0.15) is 13.2 Å². The Hall–Kier alpha value is -4.48. The maximum Gasteiger partial charge on any atom is 0.416 e. The minimum Gasteiger partial charge on any atom is -0.497 e. The third kappa shape index (κ3) is 5.72. The number of aliphatic carboxylic acids is 1. The summed E-state index contributed by atoms with van der Waals surface area (Å²) in [6.45, 7) is 1.98. The van der Waals surface area contributed by atoms with Crippen LogP contribution in [0.15, 0.2) is 65.7 Å². The average Bonchev–Trinajstić information content (AvgIpc) is 2.96. The number of halogens is 4. The Kier molecular flexibility index (Phi) is 7.65. The van der Waals surface area contributed by atoms with Gasteiger partial charge in [-0.3, -0.25) is 4.79 Å². The van der Waals surface area contributed by atoms with Crippen molar-refractivity contribution in [2.75, 3.05) is 50.2 Å². The van der Waals surface area contributed by atoms with Crippen LogP contribution in [-0.4, -0.2) is 62.3 Å². The van der Waals surface area contributed by atoms with E-state index in [1.165, 1.54) is 36.3 Å². The van der Waals surface area contributed by atoms with Gasteiger partial charge in [-0.25, -0.2) is 9.38 Å². The van der Waals surface area contributed by atoms with E-state index in [1.54, 1.807) is 7.11 Å². The minimum absolute atomic E-state index is 0.0162. The van der Waals surface area contributed by atoms with Gasteiger partial charge in [0.15, 0.2) is 0 Å². The van der Waals surface area contributed by atoms with E-state index in [0.29, 0.717) is 37.6 Å². The molecule has 1 N–H and O–H groups in total. The van der Waals surface area contributed by atoms with Crippen LogP contribution >= 0.6 is 0 Å². The third-order valence-electron chi connectivity index (χ3n) is 7.21. The van der Waals surface area contributed by atoms with Crippen LogP contribution in [0.3, 0.4) is 0 Å². The number of carbonyl (C=O) groups is 1. The Bertz CT molecular complexity index is 1470. The number of guanidine groups is 1. The number of aliphatic imine (C=N–C) groups is 1. The molecule has 3 aromatic rings. The Labute approximate surface area is 234 Å². The van der Waals surface area contributed by atoms with Crippen LogP contribution in [-0.2, 0) is 11.0 Å². The molecule has 1 atom stereocenters. The Balaban J connectivity index is 1.59. The van der Waals surface area contributed by atoms with E-state index in [0.717, 1.165) is 17.8 Å². The molecule has 0 amide bonds. The first-order chi connectivity index (χ1) is 19.6. The monoisotopic (exact) mass is 572 g/mol. The Morgan fingerprint density at radius 1 is 0.976 bits per heavy atom. The van der Waals surface area contributed by atoms with Crippen LogP contribution in [0.2, 0.25) is 0 Å². The molecule has 1 unspecified atom stereocenters. The lowest BCUT2D eigenvalue weighted by Crippen LogP contribution is -2.55.